The Labute approximate surface area is 121 Å². The van der Waals surface area contributed by atoms with Crippen LogP contribution in [-0.4, -0.2) is 23.9 Å². The number of ether oxygens (including phenoxy) is 1. The van der Waals surface area contributed by atoms with Crippen LogP contribution in [0, 0.1) is 5.92 Å². The monoisotopic (exact) mass is 281 g/mol. The van der Waals surface area contributed by atoms with Gasteiger partial charge in [-0.2, -0.15) is 4.98 Å². The highest BCUT2D eigenvalue weighted by molar-refractivity contribution is 4.99. The van der Waals surface area contributed by atoms with E-state index in [0.29, 0.717) is 18.3 Å². The second-order valence-corrected chi connectivity index (χ2v) is 5.91. The number of hydrogen-bond donors (Lipinski definition) is 1. The molecule has 0 saturated heterocycles. The highest BCUT2D eigenvalue weighted by atomic mass is 16.5. The van der Waals surface area contributed by atoms with Crippen LogP contribution in [0.2, 0.25) is 0 Å². The second kappa shape index (κ2) is 7.74. The summed E-state index contributed by atoms with van der Waals surface area (Å²) in [6.45, 7) is 2.68. The van der Waals surface area contributed by atoms with Gasteiger partial charge >= 0.3 is 0 Å². The number of aromatic nitrogens is 2. The molecule has 1 aromatic heterocycles. The molecule has 0 aliphatic heterocycles. The smallest absolute Gasteiger partial charge is 0.229 e. The number of nitrogens with zero attached hydrogens (tertiary/aromatic N) is 2. The van der Waals surface area contributed by atoms with E-state index in [1.807, 2.05) is 0 Å². The van der Waals surface area contributed by atoms with Gasteiger partial charge in [-0.05, 0) is 31.6 Å². The molecule has 2 N–H and O–H groups in total. The van der Waals surface area contributed by atoms with Crippen molar-refractivity contribution >= 4 is 0 Å². The molecule has 114 valence electrons. The molecular weight excluding hydrogens is 254 g/mol. The van der Waals surface area contributed by atoms with Gasteiger partial charge in [-0.15, -0.1) is 0 Å². The Morgan fingerprint density at radius 2 is 2.10 bits per heavy atom. The Balaban J connectivity index is 1.84. The van der Waals surface area contributed by atoms with E-state index < -0.39 is 0 Å². The third-order valence-electron chi connectivity index (χ3n) is 4.30. The van der Waals surface area contributed by atoms with Gasteiger partial charge in [0.2, 0.25) is 5.89 Å². The van der Waals surface area contributed by atoms with E-state index in [0.717, 1.165) is 24.7 Å². The van der Waals surface area contributed by atoms with E-state index in [1.165, 1.54) is 32.1 Å². The lowest BCUT2D eigenvalue weighted by atomic mass is 9.80. The normalized spacial score (nSPS) is 24.8. The van der Waals surface area contributed by atoms with Gasteiger partial charge in [-0.1, -0.05) is 31.3 Å². The van der Waals surface area contributed by atoms with Crippen LogP contribution in [0.3, 0.4) is 0 Å². The summed E-state index contributed by atoms with van der Waals surface area (Å²) in [4.78, 5) is 4.46. The quantitative estimate of drug-likeness (QED) is 0.830. The first-order valence-corrected chi connectivity index (χ1v) is 7.82. The Morgan fingerprint density at radius 3 is 2.75 bits per heavy atom. The van der Waals surface area contributed by atoms with Crippen molar-refractivity contribution < 1.29 is 9.26 Å². The molecule has 2 rings (SSSR count). The summed E-state index contributed by atoms with van der Waals surface area (Å²) in [5.74, 6) is 2.64. The molecule has 5 heteroatoms. The molecule has 1 heterocycles. The average molecular weight is 281 g/mol. The van der Waals surface area contributed by atoms with Crippen LogP contribution in [0.4, 0.5) is 0 Å². The number of hydrogen-bond acceptors (Lipinski definition) is 5. The van der Waals surface area contributed by atoms with E-state index >= 15 is 0 Å². The van der Waals surface area contributed by atoms with Crippen LogP contribution in [0.25, 0.3) is 0 Å². The number of nitrogens with two attached hydrogens (primary N) is 1. The van der Waals surface area contributed by atoms with Crippen LogP contribution < -0.4 is 5.73 Å². The standard InChI is InChI=1S/C15H27N3O2/c1-3-4-5-11-6-8-12(9-7-11)15-17-14(18-20-15)13(16)10-19-2/h11-13H,3-10,16H2,1-2H3. The topological polar surface area (TPSA) is 74.2 Å². The molecule has 0 radical (unpaired) electrons. The first-order valence-electron chi connectivity index (χ1n) is 7.82. The summed E-state index contributed by atoms with van der Waals surface area (Å²) < 4.78 is 10.4. The molecule has 5 nitrogen and oxygen atoms in total. The molecule has 1 aliphatic carbocycles. The van der Waals surface area contributed by atoms with Crippen molar-refractivity contribution in [3.63, 3.8) is 0 Å². The summed E-state index contributed by atoms with van der Waals surface area (Å²) in [5.41, 5.74) is 5.92. The van der Waals surface area contributed by atoms with Gasteiger partial charge in [-0.3, -0.25) is 0 Å². The molecule has 20 heavy (non-hydrogen) atoms. The van der Waals surface area contributed by atoms with Crippen molar-refractivity contribution in [2.45, 2.75) is 63.8 Å². The van der Waals surface area contributed by atoms with E-state index in [2.05, 4.69) is 17.1 Å². The first kappa shape index (κ1) is 15.4. The van der Waals surface area contributed by atoms with Crippen molar-refractivity contribution in [2.75, 3.05) is 13.7 Å². The van der Waals surface area contributed by atoms with E-state index in [1.54, 1.807) is 7.11 Å². The number of rotatable bonds is 7. The molecule has 1 atom stereocenters. The minimum Gasteiger partial charge on any atom is -0.383 e. The molecule has 1 fully saturated rings. The van der Waals surface area contributed by atoms with Crippen LogP contribution in [0.5, 0.6) is 0 Å². The minimum atomic E-state index is -0.293. The van der Waals surface area contributed by atoms with E-state index in [4.69, 9.17) is 15.0 Å². The molecule has 0 aromatic carbocycles. The molecular formula is C15H27N3O2. The average Bonchev–Trinajstić information content (AvgIpc) is 2.96. The second-order valence-electron chi connectivity index (χ2n) is 5.91. The van der Waals surface area contributed by atoms with Crippen molar-refractivity contribution in [3.05, 3.63) is 11.7 Å². The predicted molar refractivity (Wildman–Crippen MR) is 77.3 cm³/mol. The lowest BCUT2D eigenvalue weighted by Gasteiger charge is -2.26. The maximum absolute atomic E-state index is 5.92. The Hall–Kier alpha value is -0.940. The van der Waals surface area contributed by atoms with Gasteiger partial charge in [0.1, 0.15) is 0 Å². The fourth-order valence-electron chi connectivity index (χ4n) is 3.01. The van der Waals surface area contributed by atoms with Gasteiger partial charge in [0.25, 0.3) is 0 Å². The van der Waals surface area contributed by atoms with Gasteiger partial charge in [-0.25, -0.2) is 0 Å². The van der Waals surface area contributed by atoms with Crippen molar-refractivity contribution in [3.8, 4) is 0 Å². The molecule has 1 aromatic rings. The predicted octanol–water partition coefficient (Wildman–Crippen LogP) is 3.18. The molecule has 1 unspecified atom stereocenters. The fraction of sp³-hybridized carbons (Fsp3) is 0.867. The minimum absolute atomic E-state index is 0.293. The fourth-order valence-corrected chi connectivity index (χ4v) is 3.01. The van der Waals surface area contributed by atoms with Crippen LogP contribution >= 0.6 is 0 Å². The molecule has 0 amide bonds. The summed E-state index contributed by atoms with van der Waals surface area (Å²) in [7, 11) is 1.62. The summed E-state index contributed by atoms with van der Waals surface area (Å²) >= 11 is 0. The zero-order valence-electron chi connectivity index (χ0n) is 12.7. The van der Waals surface area contributed by atoms with E-state index in [-0.39, 0.29) is 6.04 Å². The highest BCUT2D eigenvalue weighted by Gasteiger charge is 2.27. The summed E-state index contributed by atoms with van der Waals surface area (Å²) in [6, 6.07) is -0.293. The van der Waals surface area contributed by atoms with E-state index in [9.17, 15) is 0 Å². The zero-order valence-corrected chi connectivity index (χ0v) is 12.7. The number of unbranched alkanes of at least 4 members (excludes halogenated alkanes) is 1. The third-order valence-corrected chi connectivity index (χ3v) is 4.30. The lowest BCUT2D eigenvalue weighted by molar-refractivity contribution is 0.177. The van der Waals surface area contributed by atoms with Crippen molar-refractivity contribution in [1.29, 1.82) is 0 Å². The Bertz CT molecular complexity index is 386. The first-order chi connectivity index (χ1) is 9.74. The third kappa shape index (κ3) is 4.03. The summed E-state index contributed by atoms with van der Waals surface area (Å²) in [5, 5.41) is 3.99. The van der Waals surface area contributed by atoms with Crippen molar-refractivity contribution in [1.82, 2.24) is 10.1 Å². The van der Waals surface area contributed by atoms with Crippen LogP contribution in [0.1, 0.15) is 75.5 Å². The molecule has 0 bridgehead atoms. The summed E-state index contributed by atoms with van der Waals surface area (Å²) in [6.07, 6.45) is 8.91. The largest absolute Gasteiger partial charge is 0.383 e. The SMILES string of the molecule is CCCCC1CCC(c2nc(C(N)COC)no2)CC1. The molecule has 0 spiro atoms. The molecule has 1 aliphatic rings. The molecule has 1 saturated carbocycles. The maximum atomic E-state index is 5.92. The van der Waals surface area contributed by atoms with Crippen molar-refractivity contribution in [2.24, 2.45) is 11.7 Å². The zero-order chi connectivity index (χ0) is 14.4. The van der Waals surface area contributed by atoms with Gasteiger partial charge < -0.3 is 15.0 Å². The van der Waals surface area contributed by atoms with Gasteiger partial charge in [0, 0.05) is 13.0 Å². The Morgan fingerprint density at radius 1 is 1.35 bits per heavy atom. The Kier molecular flexibility index (Phi) is 5.98. The van der Waals surface area contributed by atoms with Crippen LogP contribution in [0.15, 0.2) is 4.52 Å². The maximum Gasteiger partial charge on any atom is 0.229 e. The van der Waals surface area contributed by atoms with Crippen LogP contribution in [-0.2, 0) is 4.74 Å². The lowest BCUT2D eigenvalue weighted by Crippen LogP contribution is -2.18. The van der Waals surface area contributed by atoms with Gasteiger partial charge in [0.15, 0.2) is 5.82 Å². The number of methoxy groups -OCH3 is 1. The highest BCUT2D eigenvalue weighted by Crippen LogP contribution is 2.37. The van der Waals surface area contributed by atoms with Gasteiger partial charge in [0.05, 0.1) is 12.6 Å².